The average Bonchev–Trinajstić information content (AvgIpc) is 2.36. The molecule has 0 unspecified atom stereocenters. The lowest BCUT2D eigenvalue weighted by Gasteiger charge is -2.36. The normalized spacial score (nSPS) is 21.1. The van der Waals surface area contributed by atoms with Crippen molar-refractivity contribution in [3.05, 3.63) is 45.4 Å². The first-order chi connectivity index (χ1) is 10.8. The highest BCUT2D eigenvalue weighted by molar-refractivity contribution is 6.29. The molecule has 1 fully saturated rings. The van der Waals surface area contributed by atoms with Crippen LogP contribution in [0.3, 0.4) is 0 Å². The summed E-state index contributed by atoms with van der Waals surface area (Å²) in [5.74, 6) is -1.33. The van der Waals surface area contributed by atoms with Crippen molar-refractivity contribution in [2.75, 3.05) is 0 Å². The first-order valence-corrected chi connectivity index (χ1v) is 7.43. The van der Waals surface area contributed by atoms with Gasteiger partial charge in [0, 0.05) is 17.7 Å². The van der Waals surface area contributed by atoms with Crippen LogP contribution in [0.15, 0.2) is 23.1 Å². The van der Waals surface area contributed by atoms with Crippen molar-refractivity contribution >= 4 is 11.6 Å². The lowest BCUT2D eigenvalue weighted by Crippen LogP contribution is -2.36. The molecule has 122 valence electrons. The molecule has 2 aromatic heterocycles. The lowest BCUT2D eigenvalue weighted by molar-refractivity contribution is -0.197. The maximum atomic E-state index is 12.7. The number of H-pyrrole nitrogens is 1. The Hall–Kier alpha value is -1.89. The Kier molecular flexibility index (Phi) is 3.91. The Morgan fingerprint density at radius 2 is 2.00 bits per heavy atom. The molecule has 0 spiro atoms. The van der Waals surface area contributed by atoms with Gasteiger partial charge in [0.2, 0.25) is 0 Å². The van der Waals surface area contributed by atoms with Crippen LogP contribution in [0.25, 0.3) is 11.1 Å². The van der Waals surface area contributed by atoms with Crippen LogP contribution in [-0.2, 0) is 0 Å². The summed E-state index contributed by atoms with van der Waals surface area (Å²) in [4.78, 5) is 23.1. The fourth-order valence-electron chi connectivity index (χ4n) is 2.81. The van der Waals surface area contributed by atoms with E-state index in [0.29, 0.717) is 17.1 Å². The van der Waals surface area contributed by atoms with Crippen molar-refractivity contribution in [1.29, 1.82) is 0 Å². The third-order valence-corrected chi connectivity index (χ3v) is 4.29. The van der Waals surface area contributed by atoms with E-state index in [1.165, 1.54) is 12.3 Å². The number of pyridine rings is 1. The summed E-state index contributed by atoms with van der Waals surface area (Å²) in [5, 5.41) is 0.271. The second-order valence-corrected chi connectivity index (χ2v) is 6.08. The Morgan fingerprint density at radius 3 is 2.57 bits per heavy atom. The Balaban J connectivity index is 2.01. The maximum absolute atomic E-state index is 12.7. The van der Waals surface area contributed by atoms with Gasteiger partial charge in [-0.2, -0.15) is 13.2 Å². The summed E-state index contributed by atoms with van der Waals surface area (Å²) in [6.07, 6.45) is -2.87. The third-order valence-electron chi connectivity index (χ3n) is 4.07. The Bertz CT molecular complexity index is 780. The van der Waals surface area contributed by atoms with Gasteiger partial charge in [-0.15, -0.1) is 0 Å². The molecule has 0 aliphatic heterocycles. The quantitative estimate of drug-likeness (QED) is 0.843. The molecule has 1 saturated carbocycles. The molecule has 1 aliphatic rings. The zero-order valence-corrected chi connectivity index (χ0v) is 12.9. The predicted octanol–water partition coefficient (Wildman–Crippen LogP) is 3.85. The largest absolute Gasteiger partial charge is 0.391 e. The molecule has 0 amide bonds. The van der Waals surface area contributed by atoms with Gasteiger partial charge in [0.15, 0.2) is 0 Å². The van der Waals surface area contributed by atoms with Gasteiger partial charge >= 0.3 is 6.18 Å². The number of hydrogen-bond acceptors (Lipinski definition) is 3. The highest BCUT2D eigenvalue weighted by atomic mass is 35.5. The minimum Gasteiger partial charge on any atom is -0.310 e. The molecule has 2 aromatic rings. The number of alkyl halides is 3. The summed E-state index contributed by atoms with van der Waals surface area (Å²) in [6.45, 7) is 1.61. The summed E-state index contributed by atoms with van der Waals surface area (Å²) in [7, 11) is 0. The Labute approximate surface area is 134 Å². The minimum absolute atomic E-state index is 0.0482. The number of halogens is 4. The van der Waals surface area contributed by atoms with E-state index in [1.54, 1.807) is 13.0 Å². The zero-order valence-electron chi connectivity index (χ0n) is 12.1. The predicted molar refractivity (Wildman–Crippen MR) is 79.4 cm³/mol. The first kappa shape index (κ1) is 16.0. The van der Waals surface area contributed by atoms with Crippen molar-refractivity contribution in [2.45, 2.75) is 31.9 Å². The molecule has 0 aromatic carbocycles. The number of nitrogens with zero attached hydrogens (tertiary/aromatic N) is 2. The topological polar surface area (TPSA) is 58.6 Å². The van der Waals surface area contributed by atoms with E-state index in [2.05, 4.69) is 15.0 Å². The summed E-state index contributed by atoms with van der Waals surface area (Å²) in [6, 6.07) is 3.14. The van der Waals surface area contributed by atoms with E-state index in [1.807, 2.05) is 0 Å². The van der Waals surface area contributed by atoms with Crippen LogP contribution in [0.2, 0.25) is 5.15 Å². The van der Waals surface area contributed by atoms with E-state index in [4.69, 9.17) is 11.6 Å². The summed E-state index contributed by atoms with van der Waals surface area (Å²) in [5.41, 5.74) is 0.780. The smallest absolute Gasteiger partial charge is 0.310 e. The summed E-state index contributed by atoms with van der Waals surface area (Å²) < 4.78 is 38.1. The Morgan fingerprint density at radius 1 is 1.30 bits per heavy atom. The standard InChI is InChI=1S/C15H13ClF3N3O/c1-7-21-13(9-4-10(5-9)15(17,18)19)12(14(23)22-7)8-2-3-11(16)20-6-8/h2-3,6,9-10H,4-5H2,1H3,(H,21,22,23)/t9-,10+. The molecule has 3 rings (SSSR count). The SMILES string of the molecule is Cc1nc([C@H]2C[C@@H](C(F)(F)F)C2)c(-c2ccc(Cl)nc2)c(=O)[nH]1. The van der Waals surface area contributed by atoms with Crippen molar-refractivity contribution in [3.8, 4) is 11.1 Å². The average molecular weight is 344 g/mol. The first-order valence-electron chi connectivity index (χ1n) is 7.05. The zero-order chi connectivity index (χ0) is 16.8. The number of hydrogen-bond donors (Lipinski definition) is 1. The monoisotopic (exact) mass is 343 g/mol. The van der Waals surface area contributed by atoms with Gasteiger partial charge in [-0.3, -0.25) is 4.79 Å². The van der Waals surface area contributed by atoms with Gasteiger partial charge in [-0.05, 0) is 31.9 Å². The molecule has 4 nitrogen and oxygen atoms in total. The van der Waals surface area contributed by atoms with E-state index in [0.717, 1.165) is 0 Å². The van der Waals surface area contributed by atoms with Gasteiger partial charge in [-0.1, -0.05) is 11.6 Å². The van der Waals surface area contributed by atoms with Gasteiger partial charge in [0.05, 0.1) is 17.2 Å². The molecule has 0 saturated heterocycles. The fraction of sp³-hybridized carbons (Fsp3) is 0.400. The summed E-state index contributed by atoms with van der Waals surface area (Å²) >= 11 is 5.74. The molecule has 1 N–H and O–H groups in total. The highest BCUT2D eigenvalue weighted by Crippen LogP contribution is 2.50. The van der Waals surface area contributed by atoms with Gasteiger partial charge in [-0.25, -0.2) is 9.97 Å². The molecule has 2 heterocycles. The second-order valence-electron chi connectivity index (χ2n) is 5.69. The van der Waals surface area contributed by atoms with Crippen LogP contribution in [0, 0.1) is 12.8 Å². The van der Waals surface area contributed by atoms with Crippen molar-refractivity contribution in [2.24, 2.45) is 5.92 Å². The van der Waals surface area contributed by atoms with Crippen molar-refractivity contribution in [3.63, 3.8) is 0 Å². The maximum Gasteiger partial charge on any atom is 0.391 e. The van der Waals surface area contributed by atoms with Crippen LogP contribution in [0.4, 0.5) is 13.2 Å². The van der Waals surface area contributed by atoms with Crippen LogP contribution < -0.4 is 5.56 Å². The molecule has 0 atom stereocenters. The molecule has 1 aliphatic carbocycles. The molecule has 8 heteroatoms. The van der Waals surface area contributed by atoms with Crippen LogP contribution in [0.1, 0.15) is 30.3 Å². The third kappa shape index (κ3) is 3.10. The van der Waals surface area contributed by atoms with Crippen molar-refractivity contribution < 1.29 is 13.2 Å². The number of aryl methyl sites for hydroxylation is 1. The second kappa shape index (κ2) is 5.63. The number of aromatic amines is 1. The van der Waals surface area contributed by atoms with Crippen LogP contribution in [-0.4, -0.2) is 21.1 Å². The van der Waals surface area contributed by atoms with E-state index in [-0.39, 0.29) is 35.0 Å². The van der Waals surface area contributed by atoms with E-state index in [9.17, 15) is 18.0 Å². The minimum atomic E-state index is -4.20. The van der Waals surface area contributed by atoms with E-state index >= 15 is 0 Å². The highest BCUT2D eigenvalue weighted by Gasteiger charge is 2.49. The number of aromatic nitrogens is 3. The van der Waals surface area contributed by atoms with Crippen LogP contribution >= 0.6 is 11.6 Å². The molecule has 0 radical (unpaired) electrons. The van der Waals surface area contributed by atoms with Gasteiger partial charge in [0.1, 0.15) is 11.0 Å². The molecular formula is C15H13ClF3N3O. The molecule has 23 heavy (non-hydrogen) atoms. The number of nitrogens with one attached hydrogen (secondary N) is 1. The van der Waals surface area contributed by atoms with Crippen molar-refractivity contribution in [1.82, 2.24) is 15.0 Å². The fourth-order valence-corrected chi connectivity index (χ4v) is 2.93. The molecular weight excluding hydrogens is 331 g/mol. The van der Waals surface area contributed by atoms with Gasteiger partial charge < -0.3 is 4.98 Å². The van der Waals surface area contributed by atoms with E-state index < -0.39 is 12.1 Å². The molecule has 0 bridgehead atoms. The van der Waals surface area contributed by atoms with Gasteiger partial charge in [0.25, 0.3) is 5.56 Å². The lowest BCUT2D eigenvalue weighted by atomic mass is 9.71. The van der Waals surface area contributed by atoms with Crippen LogP contribution in [0.5, 0.6) is 0 Å². The number of rotatable bonds is 2.